The molecule has 2 aliphatic carbocycles. The summed E-state index contributed by atoms with van der Waals surface area (Å²) in [5.41, 5.74) is 20.3. The van der Waals surface area contributed by atoms with E-state index in [4.69, 9.17) is 4.42 Å². The van der Waals surface area contributed by atoms with Gasteiger partial charge in [-0.3, -0.25) is 0 Å². The molecule has 0 fully saturated rings. The number of rotatable bonds is 8. The van der Waals surface area contributed by atoms with Gasteiger partial charge < -0.3 is 4.42 Å². The molecule has 0 unspecified atom stereocenters. The highest BCUT2D eigenvalue weighted by atomic mass is 32.1. The van der Waals surface area contributed by atoms with Crippen LogP contribution in [0.15, 0.2) is 101 Å². The van der Waals surface area contributed by atoms with Gasteiger partial charge in [0.15, 0.2) is 0 Å². The summed E-state index contributed by atoms with van der Waals surface area (Å²) in [4.78, 5) is 1.42. The summed E-state index contributed by atoms with van der Waals surface area (Å²) in [5, 5.41) is 7.76. The van der Waals surface area contributed by atoms with Crippen LogP contribution in [-0.4, -0.2) is 0 Å². The van der Waals surface area contributed by atoms with E-state index in [1.165, 1.54) is 119 Å². The number of para-hydroxylation sites is 1. The van der Waals surface area contributed by atoms with Crippen LogP contribution in [-0.2, 0) is 0 Å². The number of thiophene rings is 1. The third kappa shape index (κ3) is 5.77. The summed E-state index contributed by atoms with van der Waals surface area (Å²) in [5.74, 6) is 3.40. The minimum atomic E-state index is 0.351. The Bertz CT molecular complexity index is 2930. The van der Waals surface area contributed by atoms with Gasteiger partial charge in [-0.15, -0.1) is 11.3 Å². The van der Waals surface area contributed by atoms with Crippen LogP contribution in [0.4, 0.5) is 0 Å². The Kier molecular flexibility index (Phi) is 9.23. The fourth-order valence-corrected chi connectivity index (χ4v) is 11.7. The summed E-state index contributed by atoms with van der Waals surface area (Å²) >= 11 is 1.97. The lowest BCUT2D eigenvalue weighted by molar-refractivity contribution is 0.602. The zero-order valence-corrected chi connectivity index (χ0v) is 38.3. The highest BCUT2D eigenvalue weighted by Crippen LogP contribution is 2.51. The molecule has 2 aliphatic rings. The van der Waals surface area contributed by atoms with Gasteiger partial charge in [-0.25, -0.2) is 0 Å². The van der Waals surface area contributed by atoms with Gasteiger partial charge in [0.05, 0.1) is 0 Å². The molecule has 2 aromatic heterocycles. The lowest BCUT2D eigenvalue weighted by atomic mass is 9.81. The molecule has 60 heavy (non-hydrogen) atoms. The van der Waals surface area contributed by atoms with Gasteiger partial charge in [0.2, 0.25) is 0 Å². The minimum absolute atomic E-state index is 0.351. The van der Waals surface area contributed by atoms with Crippen molar-refractivity contribution >= 4 is 54.3 Å². The zero-order valence-electron chi connectivity index (χ0n) is 37.5. The standard InChI is InChI=1S/C58H58OS/c1-29(2)35-21-41(31(5)6)51(42(22-35)32(7)8)55-47-27-38-26-46-48(28-37(38)25-45(47)53-39-17-13-15-19-49(39)59-57(53)55)56(58-54(46)40-18-14-16-20-50(40)60-58)52-43(33(9)10)23-36(30(3)4)24-44(52)34(11)12/h13-34H,1-12H3. The summed E-state index contributed by atoms with van der Waals surface area (Å²) in [6.45, 7) is 28.3. The summed E-state index contributed by atoms with van der Waals surface area (Å²) in [6.07, 6.45) is 0. The van der Waals surface area contributed by atoms with Crippen LogP contribution < -0.4 is 10.4 Å². The first-order valence-corrected chi connectivity index (χ1v) is 23.3. The van der Waals surface area contributed by atoms with Gasteiger partial charge in [0, 0.05) is 42.6 Å². The van der Waals surface area contributed by atoms with E-state index in [-0.39, 0.29) is 0 Å². The molecule has 8 aromatic rings. The first-order chi connectivity index (χ1) is 28.7. The average molecular weight is 803 g/mol. The average Bonchev–Trinajstić information content (AvgIpc) is 3.94. The first-order valence-electron chi connectivity index (χ1n) is 22.5. The quantitative estimate of drug-likeness (QED) is 0.149. The maximum Gasteiger partial charge on any atom is 0.144 e. The molecule has 302 valence electrons. The predicted octanol–water partition coefficient (Wildman–Crippen LogP) is 16.0. The van der Waals surface area contributed by atoms with Crippen LogP contribution in [0.5, 0.6) is 0 Å². The van der Waals surface area contributed by atoms with Crippen LogP contribution in [0.3, 0.4) is 0 Å². The van der Waals surface area contributed by atoms with E-state index in [0.29, 0.717) is 35.5 Å². The second kappa shape index (κ2) is 14.2. The molecule has 0 radical (unpaired) electrons. The number of furan rings is 1. The van der Waals surface area contributed by atoms with Crippen LogP contribution in [0.2, 0.25) is 0 Å². The Morgan fingerprint density at radius 2 is 0.867 bits per heavy atom. The van der Waals surface area contributed by atoms with Crippen LogP contribution >= 0.6 is 11.3 Å². The SMILES string of the molecule is CC(C)c1cc(C(C)C)c(C2=c3cc4cc5c(cc4cc3-c3c2oc2ccccc32)=C(c2c(C(C)C)cc(C(C)C)cc2C(C)C)c2sc3ccccc3c2-5)c(C(C)C)c1. The molecule has 2 heterocycles. The molecular formula is C58H58OS. The topological polar surface area (TPSA) is 13.1 Å². The van der Waals surface area contributed by atoms with E-state index in [9.17, 15) is 0 Å². The molecule has 0 saturated heterocycles. The van der Waals surface area contributed by atoms with Gasteiger partial charge in [0.1, 0.15) is 11.3 Å². The third-order valence-electron chi connectivity index (χ3n) is 13.6. The Morgan fingerprint density at radius 3 is 1.38 bits per heavy atom. The van der Waals surface area contributed by atoms with Crippen molar-refractivity contribution < 1.29 is 4.42 Å². The van der Waals surface area contributed by atoms with Crippen LogP contribution in [0, 0.1) is 0 Å². The van der Waals surface area contributed by atoms with Crippen molar-refractivity contribution in [2.24, 2.45) is 0 Å². The van der Waals surface area contributed by atoms with Crippen molar-refractivity contribution in [2.45, 2.75) is 119 Å². The Hall–Kier alpha value is -5.18. The second-order valence-corrected chi connectivity index (χ2v) is 20.6. The lowest BCUT2D eigenvalue weighted by Gasteiger charge is -2.24. The molecule has 2 heteroatoms. The molecule has 0 spiro atoms. The molecule has 0 amide bonds. The van der Waals surface area contributed by atoms with E-state index in [1.54, 1.807) is 0 Å². The van der Waals surface area contributed by atoms with Crippen molar-refractivity contribution in [1.82, 2.24) is 0 Å². The van der Waals surface area contributed by atoms with E-state index in [0.717, 1.165) is 11.3 Å². The Balaban J connectivity index is 1.37. The van der Waals surface area contributed by atoms with Gasteiger partial charge in [-0.1, -0.05) is 144 Å². The maximum absolute atomic E-state index is 7.03. The molecule has 1 nitrogen and oxygen atoms in total. The smallest absolute Gasteiger partial charge is 0.144 e. The van der Waals surface area contributed by atoms with Gasteiger partial charge >= 0.3 is 0 Å². The molecule has 0 aliphatic heterocycles. The van der Waals surface area contributed by atoms with Gasteiger partial charge in [-0.2, -0.15) is 0 Å². The predicted molar refractivity (Wildman–Crippen MR) is 260 cm³/mol. The van der Waals surface area contributed by atoms with E-state index >= 15 is 0 Å². The number of fused-ring (bicyclic) bond motifs is 11. The number of hydrogen-bond donors (Lipinski definition) is 0. The molecule has 0 saturated carbocycles. The fraction of sp³-hybridized carbons (Fsp3) is 0.310. The molecule has 10 rings (SSSR count). The molecule has 0 N–H and O–H groups in total. The van der Waals surface area contributed by atoms with Crippen molar-refractivity contribution in [3.05, 3.63) is 163 Å². The molecule has 6 aromatic carbocycles. The van der Waals surface area contributed by atoms with Crippen molar-refractivity contribution in [2.75, 3.05) is 0 Å². The Morgan fingerprint density at radius 1 is 0.417 bits per heavy atom. The van der Waals surface area contributed by atoms with E-state index < -0.39 is 0 Å². The zero-order chi connectivity index (χ0) is 42.0. The summed E-state index contributed by atoms with van der Waals surface area (Å²) in [7, 11) is 0. The monoisotopic (exact) mass is 802 g/mol. The normalized spacial score (nSPS) is 13.5. The maximum atomic E-state index is 7.03. The van der Waals surface area contributed by atoms with Crippen molar-refractivity contribution in [1.29, 1.82) is 0 Å². The lowest BCUT2D eigenvalue weighted by Crippen LogP contribution is -2.14. The fourth-order valence-electron chi connectivity index (χ4n) is 10.4. The largest absolute Gasteiger partial charge is 0.455 e. The van der Waals surface area contributed by atoms with Gasteiger partial charge in [-0.05, 0) is 149 Å². The van der Waals surface area contributed by atoms with E-state index in [2.05, 4.69) is 180 Å². The highest BCUT2D eigenvalue weighted by molar-refractivity contribution is 7.21. The van der Waals surface area contributed by atoms with Crippen molar-refractivity contribution in [3.8, 4) is 22.3 Å². The van der Waals surface area contributed by atoms with Crippen LogP contribution in [0.1, 0.15) is 174 Å². The number of benzene rings is 6. The van der Waals surface area contributed by atoms with Gasteiger partial charge in [0.25, 0.3) is 0 Å². The number of hydrogen-bond acceptors (Lipinski definition) is 2. The second-order valence-electron chi connectivity index (χ2n) is 19.6. The minimum Gasteiger partial charge on any atom is -0.455 e. The highest BCUT2D eigenvalue weighted by Gasteiger charge is 2.34. The van der Waals surface area contributed by atoms with Crippen LogP contribution in [0.25, 0.3) is 65.2 Å². The first kappa shape index (κ1) is 39.0. The molecule has 0 atom stereocenters. The summed E-state index contributed by atoms with van der Waals surface area (Å²) < 4.78 is 8.39. The third-order valence-corrected chi connectivity index (χ3v) is 14.8. The summed E-state index contributed by atoms with van der Waals surface area (Å²) in [6, 6.07) is 37.8. The molecule has 0 bridgehead atoms. The van der Waals surface area contributed by atoms with Crippen molar-refractivity contribution in [3.63, 3.8) is 0 Å². The molecular weight excluding hydrogens is 745 g/mol. The Labute approximate surface area is 360 Å². The van der Waals surface area contributed by atoms with E-state index in [1.807, 2.05) is 11.3 Å².